The van der Waals surface area contributed by atoms with Crippen LogP contribution in [0, 0.1) is 10.1 Å². The summed E-state index contributed by atoms with van der Waals surface area (Å²) in [6.45, 7) is 0. The molecule has 14 heteroatoms. The van der Waals surface area contributed by atoms with E-state index in [0.717, 1.165) is 30.3 Å². The van der Waals surface area contributed by atoms with Gasteiger partial charge in [-0.05, 0) is 24.3 Å². The van der Waals surface area contributed by atoms with Gasteiger partial charge in [0, 0.05) is 6.07 Å². The van der Waals surface area contributed by atoms with E-state index in [1.807, 2.05) is 0 Å². The van der Waals surface area contributed by atoms with Crippen LogP contribution in [0.1, 0.15) is 0 Å². The molecule has 0 aromatic heterocycles. The Balaban J connectivity index is 0.000000283. The molecule has 154 valence electrons. The van der Waals surface area contributed by atoms with Crippen molar-refractivity contribution in [3.8, 4) is 23.0 Å². The summed E-state index contributed by atoms with van der Waals surface area (Å²) >= 11 is 0. The molecule has 0 aliphatic heterocycles. The smallest absolute Gasteiger partial charge is 0.506 e. The topological polar surface area (TPSA) is 128 Å². The van der Waals surface area contributed by atoms with Crippen molar-refractivity contribution in [2.45, 2.75) is 12.7 Å². The first-order chi connectivity index (χ1) is 12.7. The Hall–Kier alpha value is -3.58. The zero-order chi connectivity index (χ0) is 21.7. The standard InChI is InChI=1S/C7H4F3NO4.C7H6F3NO2/c8-7(9,10)15-4-1-2-6(12)5(3-4)11(13)14;8-7(9,10)13-4-1-2-6(12)5(11)3-4/h1-3,12H;1-3,12H,11H2. The van der Waals surface area contributed by atoms with Crippen molar-refractivity contribution in [3.05, 3.63) is 46.5 Å². The van der Waals surface area contributed by atoms with Gasteiger partial charge in [0.2, 0.25) is 0 Å². The minimum atomic E-state index is -4.93. The van der Waals surface area contributed by atoms with Gasteiger partial charge >= 0.3 is 18.4 Å². The van der Waals surface area contributed by atoms with Crippen LogP contribution in [0.3, 0.4) is 0 Å². The molecule has 0 unspecified atom stereocenters. The Bertz CT molecular complexity index is 840. The molecule has 0 aliphatic carbocycles. The van der Waals surface area contributed by atoms with Crippen molar-refractivity contribution in [1.82, 2.24) is 0 Å². The van der Waals surface area contributed by atoms with E-state index in [9.17, 15) is 36.5 Å². The SMILES string of the molecule is Nc1cc(OC(F)(F)F)ccc1O.O=[N+]([O-])c1cc(OC(F)(F)F)ccc1O. The Morgan fingerprint density at radius 1 is 0.857 bits per heavy atom. The summed E-state index contributed by atoms with van der Waals surface area (Å²) in [5, 5.41) is 28.1. The number of aromatic hydroxyl groups is 2. The van der Waals surface area contributed by atoms with E-state index >= 15 is 0 Å². The number of nitro groups is 1. The van der Waals surface area contributed by atoms with Crippen molar-refractivity contribution in [2.75, 3.05) is 5.73 Å². The van der Waals surface area contributed by atoms with E-state index in [2.05, 4.69) is 9.47 Å². The highest BCUT2D eigenvalue weighted by molar-refractivity contribution is 5.55. The quantitative estimate of drug-likeness (QED) is 0.226. The lowest BCUT2D eigenvalue weighted by Crippen LogP contribution is -2.17. The molecule has 0 atom stereocenters. The van der Waals surface area contributed by atoms with Crippen LogP contribution >= 0.6 is 0 Å². The highest BCUT2D eigenvalue weighted by Crippen LogP contribution is 2.32. The number of nitrogens with zero attached hydrogens (tertiary/aromatic N) is 1. The minimum Gasteiger partial charge on any atom is -0.506 e. The van der Waals surface area contributed by atoms with Gasteiger partial charge in [-0.2, -0.15) is 0 Å². The summed E-state index contributed by atoms with van der Waals surface area (Å²) in [4.78, 5) is 9.23. The Morgan fingerprint density at radius 2 is 1.29 bits per heavy atom. The third-order valence-corrected chi connectivity index (χ3v) is 2.61. The maximum atomic E-state index is 11.7. The summed E-state index contributed by atoms with van der Waals surface area (Å²) in [6.07, 6.45) is -9.67. The Labute approximate surface area is 151 Å². The van der Waals surface area contributed by atoms with E-state index in [0.29, 0.717) is 6.07 Å². The summed E-state index contributed by atoms with van der Waals surface area (Å²) in [6, 6.07) is 4.90. The molecule has 2 rings (SSSR count). The van der Waals surface area contributed by atoms with Crippen LogP contribution in [0.4, 0.5) is 37.7 Å². The minimum absolute atomic E-state index is 0.165. The number of nitro benzene ring substituents is 1. The van der Waals surface area contributed by atoms with Gasteiger partial charge < -0.3 is 25.4 Å². The van der Waals surface area contributed by atoms with E-state index in [-0.39, 0.29) is 11.4 Å². The predicted molar refractivity (Wildman–Crippen MR) is 80.6 cm³/mol. The summed E-state index contributed by atoms with van der Waals surface area (Å²) < 4.78 is 77.1. The van der Waals surface area contributed by atoms with Crippen LogP contribution in [-0.2, 0) is 0 Å². The van der Waals surface area contributed by atoms with E-state index < -0.39 is 40.6 Å². The van der Waals surface area contributed by atoms with Gasteiger partial charge in [-0.15, -0.1) is 26.3 Å². The number of ether oxygens (including phenoxy) is 2. The molecule has 0 saturated carbocycles. The lowest BCUT2D eigenvalue weighted by atomic mass is 10.3. The fourth-order valence-electron chi connectivity index (χ4n) is 1.58. The number of anilines is 1. The van der Waals surface area contributed by atoms with Gasteiger partial charge in [0.25, 0.3) is 0 Å². The van der Waals surface area contributed by atoms with Crippen LogP contribution in [0.2, 0.25) is 0 Å². The monoisotopic (exact) mass is 416 g/mol. The molecule has 2 aromatic carbocycles. The molecule has 0 fully saturated rings. The van der Waals surface area contributed by atoms with E-state index in [1.165, 1.54) is 0 Å². The number of nitrogens with two attached hydrogens (primary N) is 1. The van der Waals surface area contributed by atoms with Gasteiger partial charge in [-0.3, -0.25) is 10.1 Å². The van der Waals surface area contributed by atoms with Gasteiger partial charge in [-0.1, -0.05) is 0 Å². The molecule has 0 heterocycles. The number of phenols is 2. The second-order valence-electron chi connectivity index (χ2n) is 4.72. The van der Waals surface area contributed by atoms with Crippen LogP contribution in [-0.4, -0.2) is 27.9 Å². The third-order valence-electron chi connectivity index (χ3n) is 2.61. The summed E-state index contributed by atoms with van der Waals surface area (Å²) in [5.41, 5.74) is 4.13. The van der Waals surface area contributed by atoms with Crippen molar-refractivity contribution in [2.24, 2.45) is 0 Å². The van der Waals surface area contributed by atoms with E-state index in [4.69, 9.17) is 15.9 Å². The highest BCUT2D eigenvalue weighted by atomic mass is 19.4. The number of halogens is 6. The average molecular weight is 416 g/mol. The average Bonchev–Trinajstić information content (AvgIpc) is 2.50. The molecule has 8 nitrogen and oxygen atoms in total. The van der Waals surface area contributed by atoms with E-state index in [1.54, 1.807) is 0 Å². The molecule has 0 aliphatic rings. The summed E-state index contributed by atoms with van der Waals surface area (Å²) in [7, 11) is 0. The number of phenolic OH excluding ortho intramolecular Hbond substituents is 2. The molecular weight excluding hydrogens is 406 g/mol. The molecule has 2 aromatic rings. The largest absolute Gasteiger partial charge is 0.573 e. The van der Waals surface area contributed by atoms with Crippen molar-refractivity contribution < 1.29 is 51.0 Å². The third kappa shape index (κ3) is 7.76. The molecule has 28 heavy (non-hydrogen) atoms. The second-order valence-corrected chi connectivity index (χ2v) is 4.72. The molecule has 0 amide bonds. The molecule has 0 bridgehead atoms. The van der Waals surface area contributed by atoms with Crippen LogP contribution in [0.25, 0.3) is 0 Å². The lowest BCUT2D eigenvalue weighted by Gasteiger charge is -2.09. The highest BCUT2D eigenvalue weighted by Gasteiger charge is 2.32. The van der Waals surface area contributed by atoms with Crippen molar-refractivity contribution in [1.29, 1.82) is 0 Å². The Kier molecular flexibility index (Phi) is 6.74. The first-order valence-corrected chi connectivity index (χ1v) is 6.75. The van der Waals surface area contributed by atoms with Gasteiger partial charge in [0.05, 0.1) is 16.7 Å². The van der Waals surface area contributed by atoms with Crippen LogP contribution in [0.15, 0.2) is 36.4 Å². The number of rotatable bonds is 3. The zero-order valence-corrected chi connectivity index (χ0v) is 13.3. The predicted octanol–water partition coefficient (Wildman–Crippen LogP) is 4.07. The molecule has 0 saturated heterocycles. The molecular formula is C14H10F6N2O6. The number of hydrogen-bond donors (Lipinski definition) is 3. The number of hydrogen-bond acceptors (Lipinski definition) is 7. The van der Waals surface area contributed by atoms with Crippen molar-refractivity contribution in [3.63, 3.8) is 0 Å². The number of benzene rings is 2. The number of alkyl halides is 6. The van der Waals surface area contributed by atoms with Gasteiger partial charge in [-0.25, -0.2) is 0 Å². The maximum absolute atomic E-state index is 11.7. The maximum Gasteiger partial charge on any atom is 0.573 e. The lowest BCUT2D eigenvalue weighted by molar-refractivity contribution is -0.386. The molecule has 0 radical (unpaired) electrons. The fourth-order valence-corrected chi connectivity index (χ4v) is 1.58. The molecule has 0 spiro atoms. The first-order valence-electron chi connectivity index (χ1n) is 6.75. The van der Waals surface area contributed by atoms with Crippen molar-refractivity contribution >= 4 is 11.4 Å². The fraction of sp³-hybridized carbons (Fsp3) is 0.143. The molecule has 4 N–H and O–H groups in total. The van der Waals surface area contributed by atoms with Crippen LogP contribution in [0.5, 0.6) is 23.0 Å². The summed E-state index contributed by atoms with van der Waals surface area (Å²) in [5.74, 6) is -2.22. The van der Waals surface area contributed by atoms with Crippen LogP contribution < -0.4 is 15.2 Å². The number of nitrogen functional groups attached to an aromatic ring is 1. The van der Waals surface area contributed by atoms with Gasteiger partial charge in [0.15, 0.2) is 5.75 Å². The zero-order valence-electron chi connectivity index (χ0n) is 13.3. The Morgan fingerprint density at radius 3 is 1.68 bits per heavy atom. The first kappa shape index (κ1) is 22.5. The van der Waals surface area contributed by atoms with Gasteiger partial charge in [0.1, 0.15) is 17.2 Å². The normalized spacial score (nSPS) is 11.2. The second kappa shape index (κ2) is 8.41.